The summed E-state index contributed by atoms with van der Waals surface area (Å²) >= 11 is 0. The fourth-order valence-electron chi connectivity index (χ4n) is 2.44. The molecule has 1 aliphatic carbocycles. The highest BCUT2D eigenvalue weighted by Crippen LogP contribution is 2.39. The van der Waals surface area contributed by atoms with Crippen molar-refractivity contribution in [3.8, 4) is 0 Å². The summed E-state index contributed by atoms with van der Waals surface area (Å²) in [7, 11) is 1.68. The molecule has 0 bridgehead atoms. The Kier molecular flexibility index (Phi) is 3.59. The molecule has 1 aliphatic rings. The van der Waals surface area contributed by atoms with Gasteiger partial charge in [-0.1, -0.05) is 27.7 Å². The number of Topliss-reactive ketones (excluding diaryl/α,β-unsaturated/α-hetero) is 1. The molecule has 0 unspecified atom stereocenters. The van der Waals surface area contributed by atoms with E-state index < -0.39 is 5.60 Å². The van der Waals surface area contributed by atoms with E-state index in [1.165, 1.54) is 0 Å². The molecule has 0 heterocycles. The zero-order valence-corrected chi connectivity index (χ0v) is 10.7. The number of carbonyl (C=O) groups excluding carboxylic acids is 1. The molecular formula is C13H24O2. The third-order valence-corrected chi connectivity index (χ3v) is 3.57. The molecule has 0 aromatic heterocycles. The highest BCUT2D eigenvalue weighted by Gasteiger charge is 2.45. The molecule has 88 valence electrons. The van der Waals surface area contributed by atoms with Crippen LogP contribution in [0.4, 0.5) is 0 Å². The maximum absolute atomic E-state index is 12.4. The quantitative estimate of drug-likeness (QED) is 0.702. The molecule has 15 heavy (non-hydrogen) atoms. The van der Waals surface area contributed by atoms with Crippen LogP contribution in [-0.4, -0.2) is 18.5 Å². The van der Waals surface area contributed by atoms with Crippen LogP contribution in [0.5, 0.6) is 0 Å². The zero-order valence-electron chi connectivity index (χ0n) is 10.7. The third kappa shape index (κ3) is 2.60. The van der Waals surface area contributed by atoms with Gasteiger partial charge in [0.15, 0.2) is 5.78 Å². The summed E-state index contributed by atoms with van der Waals surface area (Å²) in [5, 5.41) is 0. The lowest BCUT2D eigenvalue weighted by molar-refractivity contribution is -0.154. The molecule has 0 amide bonds. The standard InChI is InChI=1S/C13H24O2/c1-10-6-8-13(15-5,9-7-10)11(14)12(2,3)4/h10H,6-9H2,1-5H3. The highest BCUT2D eigenvalue weighted by atomic mass is 16.5. The second kappa shape index (κ2) is 4.25. The summed E-state index contributed by atoms with van der Waals surface area (Å²) in [6.07, 6.45) is 3.99. The smallest absolute Gasteiger partial charge is 0.169 e. The average molecular weight is 212 g/mol. The van der Waals surface area contributed by atoms with Crippen LogP contribution < -0.4 is 0 Å². The molecule has 1 saturated carbocycles. The van der Waals surface area contributed by atoms with Crippen LogP contribution in [0.25, 0.3) is 0 Å². The third-order valence-electron chi connectivity index (χ3n) is 3.57. The maximum atomic E-state index is 12.4. The first-order valence-corrected chi connectivity index (χ1v) is 5.92. The number of carbonyl (C=O) groups is 1. The van der Waals surface area contributed by atoms with Crippen LogP contribution in [0.3, 0.4) is 0 Å². The topological polar surface area (TPSA) is 26.3 Å². The molecule has 0 spiro atoms. The molecular weight excluding hydrogens is 188 g/mol. The molecule has 0 radical (unpaired) electrons. The van der Waals surface area contributed by atoms with Crippen LogP contribution >= 0.6 is 0 Å². The Labute approximate surface area is 93.4 Å². The second-order valence-corrected chi connectivity index (χ2v) is 5.96. The average Bonchev–Trinajstić information content (AvgIpc) is 2.17. The summed E-state index contributed by atoms with van der Waals surface area (Å²) in [4.78, 5) is 12.4. The number of methoxy groups -OCH3 is 1. The van der Waals surface area contributed by atoms with Gasteiger partial charge in [-0.15, -0.1) is 0 Å². The molecule has 2 nitrogen and oxygen atoms in total. The van der Waals surface area contributed by atoms with Crippen LogP contribution in [0.1, 0.15) is 53.4 Å². The second-order valence-electron chi connectivity index (χ2n) is 5.96. The van der Waals surface area contributed by atoms with E-state index in [0.717, 1.165) is 31.6 Å². The molecule has 1 rings (SSSR count). The van der Waals surface area contributed by atoms with Gasteiger partial charge >= 0.3 is 0 Å². The Morgan fingerprint density at radius 1 is 1.27 bits per heavy atom. The van der Waals surface area contributed by atoms with Gasteiger partial charge in [0.05, 0.1) is 0 Å². The van der Waals surface area contributed by atoms with Gasteiger partial charge in [-0.3, -0.25) is 4.79 Å². The van der Waals surface area contributed by atoms with Crippen molar-refractivity contribution in [3.63, 3.8) is 0 Å². The molecule has 0 saturated heterocycles. The monoisotopic (exact) mass is 212 g/mol. The first kappa shape index (κ1) is 12.7. The first-order valence-electron chi connectivity index (χ1n) is 5.92. The Balaban J connectivity index is 2.82. The van der Waals surface area contributed by atoms with Gasteiger partial charge in [-0.05, 0) is 31.6 Å². The number of hydrogen-bond acceptors (Lipinski definition) is 2. The fourth-order valence-corrected chi connectivity index (χ4v) is 2.44. The lowest BCUT2D eigenvalue weighted by atomic mass is 9.70. The molecule has 1 fully saturated rings. The van der Waals surface area contributed by atoms with E-state index in [4.69, 9.17) is 4.74 Å². The normalized spacial score (nSPS) is 32.7. The van der Waals surface area contributed by atoms with Gasteiger partial charge < -0.3 is 4.74 Å². The SMILES string of the molecule is COC1(C(=O)C(C)(C)C)CCC(C)CC1. The van der Waals surface area contributed by atoms with Gasteiger partial charge in [0.2, 0.25) is 0 Å². The molecule has 0 N–H and O–H groups in total. The summed E-state index contributed by atoms with van der Waals surface area (Å²) in [5.41, 5.74) is -0.790. The maximum Gasteiger partial charge on any atom is 0.169 e. The minimum absolute atomic E-state index is 0.268. The van der Waals surface area contributed by atoms with Crippen molar-refractivity contribution in [2.24, 2.45) is 11.3 Å². The van der Waals surface area contributed by atoms with Gasteiger partial charge in [0.1, 0.15) is 5.60 Å². The number of ketones is 1. The number of ether oxygens (including phenoxy) is 1. The van der Waals surface area contributed by atoms with Crippen LogP contribution in [-0.2, 0) is 9.53 Å². The van der Waals surface area contributed by atoms with E-state index in [9.17, 15) is 4.79 Å². The van der Waals surface area contributed by atoms with Gasteiger partial charge in [0, 0.05) is 12.5 Å². The fraction of sp³-hybridized carbons (Fsp3) is 0.923. The van der Waals surface area contributed by atoms with Crippen LogP contribution in [0, 0.1) is 11.3 Å². The first-order chi connectivity index (χ1) is 6.82. The van der Waals surface area contributed by atoms with Crippen molar-refractivity contribution in [3.05, 3.63) is 0 Å². The molecule has 0 aromatic rings. The van der Waals surface area contributed by atoms with E-state index >= 15 is 0 Å². The molecule has 0 atom stereocenters. The van der Waals surface area contributed by atoms with E-state index in [-0.39, 0.29) is 11.2 Å². The largest absolute Gasteiger partial charge is 0.370 e. The van der Waals surface area contributed by atoms with Crippen molar-refractivity contribution < 1.29 is 9.53 Å². The van der Waals surface area contributed by atoms with Gasteiger partial charge in [-0.2, -0.15) is 0 Å². The van der Waals surface area contributed by atoms with E-state index in [2.05, 4.69) is 6.92 Å². The summed E-state index contributed by atoms with van der Waals surface area (Å²) in [6.45, 7) is 8.19. The minimum Gasteiger partial charge on any atom is -0.370 e. The van der Waals surface area contributed by atoms with Crippen molar-refractivity contribution in [1.82, 2.24) is 0 Å². The van der Waals surface area contributed by atoms with Crippen molar-refractivity contribution in [1.29, 1.82) is 0 Å². The van der Waals surface area contributed by atoms with Gasteiger partial charge in [0.25, 0.3) is 0 Å². The lowest BCUT2D eigenvalue weighted by Gasteiger charge is -2.40. The Hall–Kier alpha value is -0.370. The summed E-state index contributed by atoms with van der Waals surface area (Å²) < 4.78 is 5.57. The summed E-state index contributed by atoms with van der Waals surface area (Å²) in [6, 6.07) is 0. The van der Waals surface area contributed by atoms with E-state index in [1.54, 1.807) is 7.11 Å². The lowest BCUT2D eigenvalue weighted by Crippen LogP contribution is -2.49. The number of rotatable bonds is 2. The van der Waals surface area contributed by atoms with Gasteiger partial charge in [-0.25, -0.2) is 0 Å². The van der Waals surface area contributed by atoms with Crippen molar-refractivity contribution in [2.45, 2.75) is 59.0 Å². The Morgan fingerprint density at radius 2 is 1.73 bits per heavy atom. The van der Waals surface area contributed by atoms with Crippen molar-refractivity contribution >= 4 is 5.78 Å². The van der Waals surface area contributed by atoms with E-state index in [0.29, 0.717) is 0 Å². The van der Waals surface area contributed by atoms with E-state index in [1.807, 2.05) is 20.8 Å². The molecule has 0 aromatic carbocycles. The number of hydrogen-bond donors (Lipinski definition) is 0. The summed E-state index contributed by atoms with van der Waals surface area (Å²) in [5.74, 6) is 1.01. The highest BCUT2D eigenvalue weighted by molar-refractivity contribution is 5.91. The minimum atomic E-state index is -0.495. The Bertz CT molecular complexity index is 229. The predicted molar refractivity (Wildman–Crippen MR) is 61.8 cm³/mol. The van der Waals surface area contributed by atoms with Crippen LogP contribution in [0.15, 0.2) is 0 Å². The van der Waals surface area contributed by atoms with Crippen molar-refractivity contribution in [2.75, 3.05) is 7.11 Å². The van der Waals surface area contributed by atoms with Crippen LogP contribution in [0.2, 0.25) is 0 Å². The predicted octanol–water partition coefficient (Wildman–Crippen LogP) is 3.20. The molecule has 0 aliphatic heterocycles. The molecule has 2 heteroatoms. The Morgan fingerprint density at radius 3 is 2.07 bits per heavy atom. The zero-order chi connectivity index (χ0) is 11.7.